The van der Waals surface area contributed by atoms with Gasteiger partial charge in [-0.2, -0.15) is 11.8 Å². The standard InChI is InChI=1S/C21H27NO2S2/c1-16(12-13-25-4)21-11-6-5-8-19(21)14-17(2)18-9-7-10-20(15-18)26(23,24)22-3/h5-12,15,17,22H,13-14H2,1-4H3/b16-12-. The molecule has 0 fully saturated rings. The van der Waals surface area contributed by atoms with Crippen LogP contribution >= 0.6 is 11.8 Å². The Kier molecular flexibility index (Phi) is 7.50. The number of allylic oxidation sites excluding steroid dienone is 1. The van der Waals surface area contributed by atoms with Crippen LogP contribution in [-0.2, 0) is 16.4 Å². The summed E-state index contributed by atoms with van der Waals surface area (Å²) < 4.78 is 26.5. The van der Waals surface area contributed by atoms with Crippen molar-refractivity contribution < 1.29 is 8.42 Å². The first-order valence-electron chi connectivity index (χ1n) is 8.66. The van der Waals surface area contributed by atoms with E-state index >= 15 is 0 Å². The second kappa shape index (κ2) is 9.40. The van der Waals surface area contributed by atoms with E-state index in [9.17, 15) is 8.42 Å². The summed E-state index contributed by atoms with van der Waals surface area (Å²) >= 11 is 1.81. The first kappa shape index (κ1) is 20.7. The van der Waals surface area contributed by atoms with Gasteiger partial charge in [-0.1, -0.05) is 49.4 Å². The second-order valence-electron chi connectivity index (χ2n) is 6.38. The van der Waals surface area contributed by atoms with Crippen molar-refractivity contribution in [1.82, 2.24) is 4.72 Å². The molecular weight excluding hydrogens is 362 g/mol. The van der Waals surface area contributed by atoms with Gasteiger partial charge in [0.15, 0.2) is 0 Å². The van der Waals surface area contributed by atoms with E-state index in [0.29, 0.717) is 4.90 Å². The lowest BCUT2D eigenvalue weighted by Gasteiger charge is -2.16. The Hall–Kier alpha value is -1.56. The SMILES string of the molecule is CNS(=O)(=O)c1cccc(C(C)Cc2ccccc2/C(C)=C\CSC)c1. The molecule has 0 aromatic heterocycles. The molecule has 0 aliphatic heterocycles. The fourth-order valence-corrected chi connectivity index (χ4v) is 4.16. The zero-order valence-corrected chi connectivity index (χ0v) is 17.5. The minimum absolute atomic E-state index is 0.219. The summed E-state index contributed by atoms with van der Waals surface area (Å²) in [4.78, 5) is 0.314. The van der Waals surface area contributed by atoms with Gasteiger partial charge in [0.25, 0.3) is 0 Å². The van der Waals surface area contributed by atoms with Crippen LogP contribution in [0.3, 0.4) is 0 Å². The maximum Gasteiger partial charge on any atom is 0.240 e. The fourth-order valence-electron chi connectivity index (χ4n) is 2.96. The van der Waals surface area contributed by atoms with E-state index in [0.717, 1.165) is 17.7 Å². The first-order valence-corrected chi connectivity index (χ1v) is 11.5. The third-order valence-corrected chi connectivity index (χ3v) is 6.44. The number of nitrogens with one attached hydrogen (secondary N) is 1. The van der Waals surface area contributed by atoms with Crippen molar-refractivity contribution in [3.8, 4) is 0 Å². The van der Waals surface area contributed by atoms with Crippen LogP contribution in [0.2, 0.25) is 0 Å². The van der Waals surface area contributed by atoms with Crippen LogP contribution in [0.25, 0.3) is 5.57 Å². The predicted molar refractivity (Wildman–Crippen MR) is 113 cm³/mol. The molecule has 0 heterocycles. The van der Waals surface area contributed by atoms with Gasteiger partial charge in [0.05, 0.1) is 4.90 Å². The monoisotopic (exact) mass is 389 g/mol. The Bertz CT molecular complexity index is 873. The number of hydrogen-bond acceptors (Lipinski definition) is 3. The Morgan fingerprint density at radius 1 is 1.19 bits per heavy atom. The Labute approximate surface area is 162 Å². The molecule has 0 saturated heterocycles. The molecular formula is C21H27NO2S2. The van der Waals surface area contributed by atoms with Gasteiger partial charge in [-0.3, -0.25) is 0 Å². The number of benzene rings is 2. The molecule has 1 N–H and O–H groups in total. The Morgan fingerprint density at radius 3 is 2.62 bits per heavy atom. The van der Waals surface area contributed by atoms with Crippen molar-refractivity contribution >= 4 is 27.4 Å². The Balaban J connectivity index is 2.29. The average Bonchev–Trinajstić information content (AvgIpc) is 2.66. The summed E-state index contributed by atoms with van der Waals surface area (Å²) in [5.74, 6) is 1.22. The molecule has 0 amide bonds. The minimum atomic E-state index is -3.42. The zero-order valence-electron chi connectivity index (χ0n) is 15.8. The van der Waals surface area contributed by atoms with Crippen LogP contribution in [0.15, 0.2) is 59.5 Å². The highest BCUT2D eigenvalue weighted by molar-refractivity contribution is 7.98. The van der Waals surface area contributed by atoms with E-state index < -0.39 is 10.0 Å². The van der Waals surface area contributed by atoms with E-state index in [1.807, 2.05) is 23.9 Å². The molecule has 0 aliphatic carbocycles. The van der Waals surface area contributed by atoms with Crippen molar-refractivity contribution in [1.29, 1.82) is 0 Å². The summed E-state index contributed by atoms with van der Waals surface area (Å²) in [5, 5.41) is 0. The smallest absolute Gasteiger partial charge is 0.214 e. The number of rotatable bonds is 8. The summed E-state index contributed by atoms with van der Waals surface area (Å²) in [6.07, 6.45) is 5.22. The molecule has 2 aromatic carbocycles. The molecule has 26 heavy (non-hydrogen) atoms. The van der Waals surface area contributed by atoms with Crippen LogP contribution in [0.5, 0.6) is 0 Å². The van der Waals surface area contributed by atoms with Crippen LogP contribution in [-0.4, -0.2) is 27.5 Å². The number of sulfonamides is 1. The van der Waals surface area contributed by atoms with Crippen molar-refractivity contribution in [2.24, 2.45) is 0 Å². The number of thioether (sulfide) groups is 1. The van der Waals surface area contributed by atoms with E-state index in [-0.39, 0.29) is 5.92 Å². The molecule has 2 rings (SSSR count). The normalized spacial score (nSPS) is 13.6. The molecule has 1 unspecified atom stereocenters. The van der Waals surface area contributed by atoms with Crippen molar-refractivity contribution in [3.63, 3.8) is 0 Å². The van der Waals surface area contributed by atoms with Gasteiger partial charge in [0.1, 0.15) is 0 Å². The van der Waals surface area contributed by atoms with Gasteiger partial charge >= 0.3 is 0 Å². The summed E-state index contributed by atoms with van der Waals surface area (Å²) in [5.41, 5.74) is 4.87. The molecule has 2 aromatic rings. The highest BCUT2D eigenvalue weighted by Crippen LogP contribution is 2.27. The van der Waals surface area contributed by atoms with E-state index in [1.54, 1.807) is 12.1 Å². The topological polar surface area (TPSA) is 46.2 Å². The van der Waals surface area contributed by atoms with Crippen molar-refractivity contribution in [2.75, 3.05) is 19.1 Å². The molecule has 0 radical (unpaired) electrons. The van der Waals surface area contributed by atoms with Gasteiger partial charge in [-0.15, -0.1) is 0 Å². The minimum Gasteiger partial charge on any atom is -0.214 e. The molecule has 140 valence electrons. The summed E-state index contributed by atoms with van der Waals surface area (Å²) in [6.45, 7) is 4.29. The Morgan fingerprint density at radius 2 is 1.92 bits per heavy atom. The van der Waals surface area contributed by atoms with Crippen molar-refractivity contribution in [3.05, 3.63) is 71.3 Å². The lowest BCUT2D eigenvalue weighted by atomic mass is 9.89. The van der Waals surface area contributed by atoms with Crippen LogP contribution < -0.4 is 4.72 Å². The molecule has 0 bridgehead atoms. The molecule has 3 nitrogen and oxygen atoms in total. The van der Waals surface area contributed by atoms with Crippen LogP contribution in [0.4, 0.5) is 0 Å². The predicted octanol–water partition coefficient (Wildman–Crippen LogP) is 4.71. The van der Waals surface area contributed by atoms with Gasteiger partial charge in [0.2, 0.25) is 10.0 Å². The zero-order chi connectivity index (χ0) is 19.2. The highest BCUT2D eigenvalue weighted by atomic mass is 32.2. The molecule has 0 saturated carbocycles. The maximum atomic E-state index is 12.1. The van der Waals surface area contributed by atoms with E-state index in [4.69, 9.17) is 0 Å². The lowest BCUT2D eigenvalue weighted by molar-refractivity contribution is 0.588. The quantitative estimate of drug-likeness (QED) is 0.711. The lowest BCUT2D eigenvalue weighted by Crippen LogP contribution is -2.18. The molecule has 0 aliphatic rings. The van der Waals surface area contributed by atoms with E-state index in [1.165, 1.54) is 23.7 Å². The first-order chi connectivity index (χ1) is 12.4. The fraction of sp³-hybridized carbons (Fsp3) is 0.333. The summed E-state index contributed by atoms with van der Waals surface area (Å²) in [7, 11) is -1.98. The van der Waals surface area contributed by atoms with Gasteiger partial charge in [-0.25, -0.2) is 13.1 Å². The average molecular weight is 390 g/mol. The van der Waals surface area contributed by atoms with Crippen molar-refractivity contribution in [2.45, 2.75) is 31.1 Å². The van der Waals surface area contributed by atoms with Gasteiger partial charge < -0.3 is 0 Å². The number of hydrogen-bond donors (Lipinski definition) is 1. The summed E-state index contributed by atoms with van der Waals surface area (Å²) in [6, 6.07) is 15.7. The highest BCUT2D eigenvalue weighted by Gasteiger charge is 2.15. The maximum absolute atomic E-state index is 12.1. The largest absolute Gasteiger partial charge is 0.240 e. The molecule has 0 spiro atoms. The third kappa shape index (κ3) is 5.22. The third-order valence-electron chi connectivity index (χ3n) is 4.53. The molecule has 1 atom stereocenters. The van der Waals surface area contributed by atoms with E-state index in [2.05, 4.69) is 55.2 Å². The molecule has 5 heteroatoms. The van der Waals surface area contributed by atoms with Crippen LogP contribution in [0, 0.1) is 0 Å². The van der Waals surface area contributed by atoms with Crippen LogP contribution in [0.1, 0.15) is 36.5 Å². The van der Waals surface area contributed by atoms with Gasteiger partial charge in [0, 0.05) is 5.75 Å². The second-order valence-corrected chi connectivity index (χ2v) is 9.18. The van der Waals surface area contributed by atoms with Gasteiger partial charge in [-0.05, 0) is 67.0 Å².